The fourth-order valence-corrected chi connectivity index (χ4v) is 3.38. The summed E-state index contributed by atoms with van der Waals surface area (Å²) in [7, 11) is 0. The van der Waals surface area contributed by atoms with Crippen molar-refractivity contribution in [3.8, 4) is 5.75 Å². The van der Waals surface area contributed by atoms with Gasteiger partial charge in [-0.25, -0.2) is 0 Å². The van der Waals surface area contributed by atoms with Crippen LogP contribution in [0.15, 0.2) is 60.7 Å². The van der Waals surface area contributed by atoms with Gasteiger partial charge < -0.3 is 19.7 Å². The number of hydrogen-bond donors (Lipinski definition) is 2. The van der Waals surface area contributed by atoms with E-state index in [1.165, 1.54) is 0 Å². The molecule has 148 valence electrons. The predicted octanol–water partition coefficient (Wildman–Crippen LogP) is 4.91. The average molecular weight is 382 g/mol. The van der Waals surface area contributed by atoms with E-state index in [0.29, 0.717) is 19.4 Å². The van der Waals surface area contributed by atoms with Crippen LogP contribution in [-0.2, 0) is 14.3 Å². The number of benzene rings is 2. The smallest absolute Gasteiger partial charge is 0.303 e. The van der Waals surface area contributed by atoms with Crippen molar-refractivity contribution in [2.45, 2.75) is 38.6 Å². The molecule has 1 aliphatic rings. The zero-order valence-electron chi connectivity index (χ0n) is 16.0. The number of aryl methyl sites for hydroxylation is 1. The summed E-state index contributed by atoms with van der Waals surface area (Å²) in [6, 6.07) is 15.3. The molecule has 3 atom stereocenters. The molecule has 2 N–H and O–H groups in total. The lowest BCUT2D eigenvalue weighted by Gasteiger charge is -2.37. The molecule has 0 bridgehead atoms. The number of hydrogen-bond acceptors (Lipinski definition) is 4. The molecule has 28 heavy (non-hydrogen) atoms. The Bertz CT molecular complexity index is 815. The molecule has 0 spiro atoms. The number of aliphatic carboxylic acids is 1. The van der Waals surface area contributed by atoms with Crippen LogP contribution in [0.3, 0.4) is 0 Å². The molecule has 0 saturated carbocycles. The third-order valence-corrected chi connectivity index (χ3v) is 4.85. The molecule has 2 aromatic carbocycles. The summed E-state index contributed by atoms with van der Waals surface area (Å²) in [6.45, 7) is 2.47. The van der Waals surface area contributed by atoms with Gasteiger partial charge >= 0.3 is 5.97 Å². The molecule has 0 radical (unpaired) electrons. The first-order valence-electron chi connectivity index (χ1n) is 9.53. The van der Waals surface area contributed by atoms with E-state index in [1.807, 2.05) is 61.5 Å². The topological polar surface area (TPSA) is 76.0 Å². The number of ether oxygens (including phenoxy) is 2. The Kier molecular flexibility index (Phi) is 6.85. The Morgan fingerprint density at radius 1 is 1.18 bits per heavy atom. The molecule has 5 nitrogen and oxygen atoms in total. The highest BCUT2D eigenvalue weighted by Gasteiger charge is 2.34. The number of carboxylic acid groups (broad SMARTS) is 1. The van der Waals surface area contributed by atoms with Gasteiger partial charge in [0.25, 0.3) is 0 Å². The minimum atomic E-state index is -0.803. The first-order chi connectivity index (χ1) is 13.5. The molecular weight excluding hydrogens is 356 g/mol. The largest absolute Gasteiger partial charge is 0.508 e. The van der Waals surface area contributed by atoms with Crippen LogP contribution in [0, 0.1) is 12.8 Å². The first kappa shape index (κ1) is 20.1. The predicted molar refractivity (Wildman–Crippen MR) is 106 cm³/mol. The van der Waals surface area contributed by atoms with Crippen molar-refractivity contribution < 1.29 is 24.5 Å². The standard InChI is InChI=1S/C23H26O5/c1-16-12-13-20(24)19(14-16)22-18(10-6-3-7-11-21(25)26)15-27-23(28-22)17-8-4-2-5-9-17/h2-6,8-9,12-14,18,22-24H,7,10-11,15H2,1H3,(H,25,26)/b6-3-/t18-,22+,23+/m1/s1. The highest BCUT2D eigenvalue weighted by atomic mass is 16.7. The number of allylic oxidation sites excluding steroid dienone is 2. The average Bonchev–Trinajstić information content (AvgIpc) is 2.70. The van der Waals surface area contributed by atoms with E-state index in [2.05, 4.69) is 0 Å². The first-order valence-corrected chi connectivity index (χ1v) is 9.53. The fourth-order valence-electron chi connectivity index (χ4n) is 3.38. The van der Waals surface area contributed by atoms with Gasteiger partial charge in [0.1, 0.15) is 5.75 Å². The van der Waals surface area contributed by atoms with Crippen LogP contribution in [-0.4, -0.2) is 22.8 Å². The lowest BCUT2D eigenvalue weighted by Crippen LogP contribution is -2.30. The molecule has 2 aromatic rings. The molecule has 3 rings (SSSR count). The quantitative estimate of drug-likeness (QED) is 0.665. The van der Waals surface area contributed by atoms with Crippen LogP contribution >= 0.6 is 0 Å². The molecule has 0 aliphatic carbocycles. The highest BCUT2D eigenvalue weighted by molar-refractivity contribution is 5.66. The normalized spacial score (nSPS) is 22.4. The van der Waals surface area contributed by atoms with Crippen molar-refractivity contribution in [3.63, 3.8) is 0 Å². The SMILES string of the molecule is Cc1ccc(O)c([C@H]2O[C@@H](c3ccccc3)OC[C@H]2C/C=C\CCC(=O)O)c1. The fraction of sp³-hybridized carbons (Fsp3) is 0.348. The van der Waals surface area contributed by atoms with Crippen LogP contribution in [0.1, 0.15) is 48.3 Å². The van der Waals surface area contributed by atoms with E-state index in [1.54, 1.807) is 6.07 Å². The molecule has 0 amide bonds. The zero-order valence-corrected chi connectivity index (χ0v) is 16.0. The Morgan fingerprint density at radius 3 is 2.71 bits per heavy atom. The molecule has 0 unspecified atom stereocenters. The van der Waals surface area contributed by atoms with Gasteiger partial charge in [0.05, 0.1) is 12.7 Å². The summed E-state index contributed by atoms with van der Waals surface area (Å²) in [6.07, 6.45) is 4.34. The van der Waals surface area contributed by atoms with Crippen molar-refractivity contribution in [1.29, 1.82) is 0 Å². The van der Waals surface area contributed by atoms with Crippen LogP contribution < -0.4 is 0 Å². The summed E-state index contributed by atoms with van der Waals surface area (Å²) in [4.78, 5) is 10.6. The molecule has 1 aliphatic heterocycles. The summed E-state index contributed by atoms with van der Waals surface area (Å²) >= 11 is 0. The van der Waals surface area contributed by atoms with Crippen molar-refractivity contribution in [3.05, 3.63) is 77.4 Å². The molecule has 5 heteroatoms. The lowest BCUT2D eigenvalue weighted by atomic mass is 9.90. The van der Waals surface area contributed by atoms with Gasteiger partial charge in [0.2, 0.25) is 0 Å². The van der Waals surface area contributed by atoms with Gasteiger partial charge in [0, 0.05) is 23.5 Å². The number of phenols is 1. The van der Waals surface area contributed by atoms with Crippen molar-refractivity contribution in [2.75, 3.05) is 6.61 Å². The van der Waals surface area contributed by atoms with Crippen LogP contribution in [0.4, 0.5) is 0 Å². The van der Waals surface area contributed by atoms with Gasteiger partial charge in [-0.15, -0.1) is 0 Å². The van der Waals surface area contributed by atoms with Crippen molar-refractivity contribution >= 4 is 5.97 Å². The maximum absolute atomic E-state index is 10.6. The maximum atomic E-state index is 10.6. The summed E-state index contributed by atoms with van der Waals surface area (Å²) in [5, 5.41) is 19.2. The Morgan fingerprint density at radius 2 is 1.96 bits per heavy atom. The zero-order chi connectivity index (χ0) is 19.9. The van der Waals surface area contributed by atoms with E-state index >= 15 is 0 Å². The molecule has 1 heterocycles. The van der Waals surface area contributed by atoms with E-state index in [0.717, 1.165) is 16.7 Å². The van der Waals surface area contributed by atoms with E-state index in [-0.39, 0.29) is 24.2 Å². The summed E-state index contributed by atoms with van der Waals surface area (Å²) in [5.41, 5.74) is 2.75. The molecule has 1 fully saturated rings. The Balaban J connectivity index is 1.78. The van der Waals surface area contributed by atoms with Gasteiger partial charge in [-0.05, 0) is 31.9 Å². The van der Waals surface area contributed by atoms with Crippen LogP contribution in [0.2, 0.25) is 0 Å². The van der Waals surface area contributed by atoms with E-state index < -0.39 is 12.3 Å². The third-order valence-electron chi connectivity index (χ3n) is 4.85. The minimum Gasteiger partial charge on any atom is -0.508 e. The van der Waals surface area contributed by atoms with Crippen LogP contribution in [0.5, 0.6) is 5.75 Å². The Labute approximate surface area is 165 Å². The van der Waals surface area contributed by atoms with Gasteiger partial charge in [-0.3, -0.25) is 4.79 Å². The monoisotopic (exact) mass is 382 g/mol. The summed E-state index contributed by atoms with van der Waals surface area (Å²) < 4.78 is 12.3. The number of carboxylic acids is 1. The van der Waals surface area contributed by atoms with Gasteiger partial charge in [-0.2, -0.15) is 0 Å². The number of carbonyl (C=O) groups is 1. The second kappa shape index (κ2) is 9.53. The van der Waals surface area contributed by atoms with Gasteiger partial charge in [-0.1, -0.05) is 54.1 Å². The number of phenolic OH excluding ortho intramolecular Hbond substituents is 1. The van der Waals surface area contributed by atoms with Gasteiger partial charge in [0.15, 0.2) is 6.29 Å². The molecule has 0 aromatic heterocycles. The lowest BCUT2D eigenvalue weighted by molar-refractivity contribution is -0.244. The van der Waals surface area contributed by atoms with Crippen LogP contribution in [0.25, 0.3) is 0 Å². The second-order valence-electron chi connectivity index (χ2n) is 7.09. The molecular formula is C23H26O5. The van der Waals surface area contributed by atoms with Crippen molar-refractivity contribution in [1.82, 2.24) is 0 Å². The number of aromatic hydroxyl groups is 1. The highest BCUT2D eigenvalue weighted by Crippen LogP contribution is 2.42. The number of rotatable bonds is 7. The summed E-state index contributed by atoms with van der Waals surface area (Å²) in [5.74, 6) is -0.569. The Hall–Kier alpha value is -2.63. The second-order valence-corrected chi connectivity index (χ2v) is 7.09. The third kappa shape index (κ3) is 5.21. The molecule has 1 saturated heterocycles. The van der Waals surface area contributed by atoms with E-state index in [9.17, 15) is 9.90 Å². The minimum absolute atomic E-state index is 0.0220. The maximum Gasteiger partial charge on any atom is 0.303 e. The van der Waals surface area contributed by atoms with E-state index in [4.69, 9.17) is 14.6 Å². The van der Waals surface area contributed by atoms with Crippen molar-refractivity contribution in [2.24, 2.45) is 5.92 Å².